The number of amides is 1. The molecule has 4 aliphatic rings. The zero-order valence-corrected chi connectivity index (χ0v) is 27.4. The second-order valence-electron chi connectivity index (χ2n) is 13.9. The number of carbonyl (C=O) groups is 1. The van der Waals surface area contributed by atoms with Crippen molar-refractivity contribution in [2.45, 2.75) is 59.0 Å². The lowest BCUT2D eigenvalue weighted by atomic mass is 9.81. The maximum Gasteiger partial charge on any atom is 0.274 e. The molecule has 2 unspecified atom stereocenters. The Bertz CT molecular complexity index is 1850. The highest BCUT2D eigenvalue weighted by atomic mass is 32.1. The number of nitrogens with one attached hydrogen (secondary N) is 1. The fraction of sp³-hybridized carbons (Fsp3) is 0.457. The van der Waals surface area contributed by atoms with Crippen molar-refractivity contribution in [3.63, 3.8) is 0 Å². The Balaban J connectivity index is 1.24. The van der Waals surface area contributed by atoms with Crippen LogP contribution >= 0.6 is 11.3 Å². The highest BCUT2D eigenvalue weighted by Crippen LogP contribution is 2.47. The molecule has 1 amide bonds. The summed E-state index contributed by atoms with van der Waals surface area (Å²) in [6, 6.07) is 4.97. The molecule has 45 heavy (non-hydrogen) atoms. The molecule has 5 heterocycles. The molecule has 3 aromatic heterocycles. The maximum absolute atomic E-state index is 15.8. The van der Waals surface area contributed by atoms with Gasteiger partial charge in [0.1, 0.15) is 17.3 Å². The molecule has 0 radical (unpaired) electrons. The van der Waals surface area contributed by atoms with Crippen molar-refractivity contribution in [3.05, 3.63) is 89.9 Å². The first-order valence-corrected chi connectivity index (χ1v) is 16.6. The van der Waals surface area contributed by atoms with Crippen LogP contribution in [-0.2, 0) is 39.3 Å². The van der Waals surface area contributed by atoms with E-state index < -0.39 is 12.0 Å². The molecule has 7 rings (SSSR count). The van der Waals surface area contributed by atoms with E-state index in [0.29, 0.717) is 34.8 Å². The third-order valence-electron chi connectivity index (χ3n) is 9.95. The Labute approximate surface area is 266 Å². The second kappa shape index (κ2) is 11.0. The maximum atomic E-state index is 15.8. The Morgan fingerprint density at radius 2 is 1.93 bits per heavy atom. The number of aliphatic hydroxyl groups is 1. The largest absolute Gasteiger partial charge is 0.392 e. The van der Waals surface area contributed by atoms with Gasteiger partial charge in [0.05, 0.1) is 17.5 Å². The van der Waals surface area contributed by atoms with Crippen molar-refractivity contribution in [2.24, 2.45) is 18.4 Å². The standard InChI is InChI=1S/C35H40FN5O3S/c1-19-26(36)13-23(21-12-28(33(43)40(5)17-21)38-30-7-6-20-16-39(4)10-9-27(20)37-30)25(18-42)31(19)41-11-8-22-24-14-35(2,3)15-29(24)45-32(22)34(41)44/h6-7,12-13,17,19,31,42H,8-11,14-16,18H2,1-5H3,(H,37,38). The summed E-state index contributed by atoms with van der Waals surface area (Å²) in [7, 11) is 3.74. The van der Waals surface area contributed by atoms with Crippen LogP contribution in [0.5, 0.6) is 0 Å². The van der Waals surface area contributed by atoms with Gasteiger partial charge < -0.3 is 24.8 Å². The molecule has 8 nitrogen and oxygen atoms in total. The van der Waals surface area contributed by atoms with E-state index in [0.717, 1.165) is 54.9 Å². The van der Waals surface area contributed by atoms with Gasteiger partial charge in [0.25, 0.3) is 11.5 Å². The van der Waals surface area contributed by atoms with Crippen molar-refractivity contribution in [1.29, 1.82) is 0 Å². The number of aromatic nitrogens is 2. The second-order valence-corrected chi connectivity index (χ2v) is 15.0. The van der Waals surface area contributed by atoms with E-state index in [4.69, 9.17) is 4.98 Å². The number of halogens is 1. The topological polar surface area (TPSA) is 90.7 Å². The molecule has 0 spiro atoms. The van der Waals surface area contributed by atoms with Crippen LogP contribution < -0.4 is 10.9 Å². The van der Waals surface area contributed by atoms with E-state index in [9.17, 15) is 14.7 Å². The van der Waals surface area contributed by atoms with Crippen molar-refractivity contribution < 1.29 is 14.3 Å². The van der Waals surface area contributed by atoms with Gasteiger partial charge in [0.15, 0.2) is 0 Å². The summed E-state index contributed by atoms with van der Waals surface area (Å²) in [5, 5.41) is 14.0. The van der Waals surface area contributed by atoms with Gasteiger partial charge in [-0.3, -0.25) is 9.59 Å². The number of nitrogens with zero attached hydrogens (tertiary/aromatic N) is 4. The van der Waals surface area contributed by atoms with Crippen molar-refractivity contribution in [2.75, 3.05) is 32.1 Å². The number of likely N-dealkylation sites (N-methyl/N-ethyl adjacent to an activating group) is 1. The molecular formula is C35H40FN5O3S. The van der Waals surface area contributed by atoms with E-state index in [1.807, 2.05) is 12.1 Å². The number of aliphatic hydroxyl groups excluding tert-OH is 1. The summed E-state index contributed by atoms with van der Waals surface area (Å²) in [6.45, 7) is 8.19. The number of fused-ring (bicyclic) bond motifs is 4. The number of aryl methyl sites for hydroxylation is 1. The summed E-state index contributed by atoms with van der Waals surface area (Å²) in [4.78, 5) is 38.1. The Morgan fingerprint density at radius 1 is 1.13 bits per heavy atom. The summed E-state index contributed by atoms with van der Waals surface area (Å²) in [6.07, 6.45) is 6.62. The fourth-order valence-corrected chi connectivity index (χ4v) is 9.22. The number of thiophene rings is 1. The van der Waals surface area contributed by atoms with Gasteiger partial charge >= 0.3 is 0 Å². The average molecular weight is 630 g/mol. The van der Waals surface area contributed by atoms with Crippen molar-refractivity contribution in [1.82, 2.24) is 19.4 Å². The number of hydrogen-bond donors (Lipinski definition) is 2. The zero-order chi connectivity index (χ0) is 31.8. The number of rotatable bonds is 5. The summed E-state index contributed by atoms with van der Waals surface area (Å²) in [5.41, 5.74) is 6.59. The first-order valence-electron chi connectivity index (χ1n) is 15.7. The SMILES string of the molecule is CC1C(F)=CC(c2cc(Nc3ccc4c(n3)CCN(C)C4)c(=O)n(C)c2)=C(CO)C1N1CCc2c(sc3c2CC(C)(C)C3)C1=O. The van der Waals surface area contributed by atoms with E-state index in [1.165, 1.54) is 26.6 Å². The van der Waals surface area contributed by atoms with Crippen LogP contribution in [0.2, 0.25) is 0 Å². The lowest BCUT2D eigenvalue weighted by molar-refractivity contribution is 0.0637. The highest BCUT2D eigenvalue weighted by Gasteiger charge is 2.43. The number of allylic oxidation sites excluding steroid dienone is 2. The molecule has 0 fully saturated rings. The minimum atomic E-state index is -0.641. The van der Waals surface area contributed by atoms with E-state index in [1.54, 1.807) is 42.5 Å². The summed E-state index contributed by atoms with van der Waals surface area (Å²) in [5.74, 6) is -0.485. The van der Waals surface area contributed by atoms with Crippen LogP contribution in [0.3, 0.4) is 0 Å². The quantitative estimate of drug-likeness (QED) is 0.413. The molecule has 10 heteroatoms. The summed E-state index contributed by atoms with van der Waals surface area (Å²) >= 11 is 1.59. The highest BCUT2D eigenvalue weighted by molar-refractivity contribution is 7.14. The summed E-state index contributed by atoms with van der Waals surface area (Å²) < 4.78 is 17.3. The smallest absolute Gasteiger partial charge is 0.274 e. The zero-order valence-electron chi connectivity index (χ0n) is 26.5. The van der Waals surface area contributed by atoms with Crippen LogP contribution in [0.4, 0.5) is 15.9 Å². The lowest BCUT2D eigenvalue weighted by Crippen LogP contribution is -2.50. The van der Waals surface area contributed by atoms with Gasteiger partial charge in [-0.2, -0.15) is 0 Å². The van der Waals surface area contributed by atoms with E-state index >= 15 is 4.39 Å². The molecule has 2 aliphatic heterocycles. The Hall–Kier alpha value is -3.60. The molecule has 3 aromatic rings. The van der Waals surface area contributed by atoms with Gasteiger partial charge in [-0.05, 0) is 77.8 Å². The van der Waals surface area contributed by atoms with Crippen LogP contribution in [0, 0.1) is 11.3 Å². The normalized spacial score (nSPS) is 22.7. The minimum absolute atomic E-state index is 0.0854. The fourth-order valence-electron chi connectivity index (χ4n) is 7.64. The predicted molar refractivity (Wildman–Crippen MR) is 176 cm³/mol. The van der Waals surface area contributed by atoms with Gasteiger partial charge in [-0.15, -0.1) is 11.3 Å². The molecule has 0 saturated heterocycles. The van der Waals surface area contributed by atoms with E-state index in [-0.39, 0.29) is 29.3 Å². The first-order chi connectivity index (χ1) is 21.4. The molecule has 0 aromatic carbocycles. The van der Waals surface area contributed by atoms with Gasteiger partial charge in [-0.25, -0.2) is 9.37 Å². The molecular weight excluding hydrogens is 589 g/mol. The number of hydrogen-bond acceptors (Lipinski definition) is 7. The third-order valence-corrected chi connectivity index (χ3v) is 11.2. The molecule has 0 bridgehead atoms. The molecule has 2 aliphatic carbocycles. The Kier molecular flexibility index (Phi) is 7.37. The van der Waals surface area contributed by atoms with E-state index in [2.05, 4.69) is 31.1 Å². The Morgan fingerprint density at radius 3 is 2.71 bits per heavy atom. The number of anilines is 2. The molecule has 2 N–H and O–H groups in total. The van der Waals surface area contributed by atoms with Gasteiger partial charge in [0, 0.05) is 61.4 Å². The molecule has 0 saturated carbocycles. The number of pyridine rings is 2. The van der Waals surface area contributed by atoms with Gasteiger partial charge in [0.2, 0.25) is 0 Å². The first kappa shape index (κ1) is 30.1. The van der Waals surface area contributed by atoms with Crippen LogP contribution in [-0.4, -0.2) is 63.2 Å². The number of carbonyl (C=O) groups excluding carboxylic acids is 1. The van der Waals surface area contributed by atoms with Crippen LogP contribution in [0.1, 0.15) is 63.3 Å². The molecule has 236 valence electrons. The minimum Gasteiger partial charge on any atom is -0.392 e. The predicted octanol–water partition coefficient (Wildman–Crippen LogP) is 5.01. The lowest BCUT2D eigenvalue weighted by Gasteiger charge is -2.41. The van der Waals surface area contributed by atoms with Crippen molar-refractivity contribution >= 4 is 34.3 Å². The van der Waals surface area contributed by atoms with Crippen LogP contribution in [0.25, 0.3) is 5.57 Å². The monoisotopic (exact) mass is 629 g/mol. The van der Waals surface area contributed by atoms with Crippen molar-refractivity contribution in [3.8, 4) is 0 Å². The van der Waals surface area contributed by atoms with Gasteiger partial charge in [-0.1, -0.05) is 26.8 Å². The average Bonchev–Trinajstić information content (AvgIpc) is 3.49. The van der Waals surface area contributed by atoms with Crippen LogP contribution in [0.15, 0.2) is 46.7 Å². The molecule has 2 atom stereocenters. The third kappa shape index (κ3) is 5.16.